The first-order valence-corrected chi connectivity index (χ1v) is 22.1. The molecular weight excluding hydrogens is 737 g/mol. The van der Waals surface area contributed by atoms with E-state index in [1.54, 1.807) is 15.9 Å². The molecule has 0 N–H and O–H groups in total. The van der Waals surface area contributed by atoms with Gasteiger partial charge < -0.3 is 9.13 Å². The zero-order valence-electron chi connectivity index (χ0n) is 39.0. The summed E-state index contributed by atoms with van der Waals surface area (Å²) in [4.78, 5) is 0. The molecule has 0 unspecified atom stereocenters. The molecule has 272 valence electrons. The number of aromatic nitrogens is 2. The van der Waals surface area contributed by atoms with E-state index in [0.29, 0.717) is 5.69 Å². The Bertz CT molecular complexity index is 3790. The lowest BCUT2D eigenvalue weighted by Gasteiger charge is -2.34. The van der Waals surface area contributed by atoms with Gasteiger partial charge in [0, 0.05) is 42.7 Å². The van der Waals surface area contributed by atoms with Crippen molar-refractivity contribution < 1.29 is 11.0 Å². The maximum absolute atomic E-state index is 9.32. The lowest BCUT2D eigenvalue weighted by Crippen LogP contribution is -2.74. The van der Waals surface area contributed by atoms with Crippen LogP contribution in [-0.2, 0) is 0 Å². The molecule has 2 nitrogen and oxygen atoms in total. The summed E-state index contributed by atoms with van der Waals surface area (Å²) in [5.41, 5.74) is 3.66. The maximum Gasteiger partial charge on any atom is 0.179 e. The van der Waals surface area contributed by atoms with Gasteiger partial charge in [-0.2, -0.15) is 0 Å². The predicted octanol–water partition coefficient (Wildman–Crippen LogP) is 11.6. The highest BCUT2D eigenvalue weighted by Crippen LogP contribution is 2.47. The van der Waals surface area contributed by atoms with Crippen LogP contribution < -0.4 is 20.7 Å². The molecule has 0 aliphatic rings. The molecule has 4 heteroatoms. The summed E-state index contributed by atoms with van der Waals surface area (Å²) in [7, 11) is -2.82. The number of benzene rings is 9. The molecule has 0 fully saturated rings. The van der Waals surface area contributed by atoms with Crippen molar-refractivity contribution in [3.63, 3.8) is 0 Å². The molecule has 0 saturated carbocycles. The van der Waals surface area contributed by atoms with Crippen LogP contribution in [0.15, 0.2) is 218 Å². The second kappa shape index (κ2) is 13.0. The standard InChI is InChI=1S/C54H36N2SSi/c1-4-18-38(19-5-1)58(39-20-6-2-7-21-39,40-22-8-3-9-23-40)41-34-32-37(33-35-41)55-47-28-14-12-26-44(47)46-36-50(54-52(53(46)55)45-27-13-17-31-51(45)57-54)56-48-29-15-10-24-42(48)43-25-11-16-30-49(43)56/h1-36H/i10D,11D,15D,16D,24D,25D,29D,30D. The quantitative estimate of drug-likeness (QED) is 0.117. The SMILES string of the molecule is [2H]c1c([2H])c([2H])c2c(c1[2H])c1c([2H])c([2H])c([2H])c([2H])c1n2-c1cc2c3ccccc3n(-c3ccc([Si](c4ccccc4)(c4ccccc4)c4ccccc4)cc3)c2c2c1sc1ccccc12. The maximum atomic E-state index is 9.32. The van der Waals surface area contributed by atoms with Crippen LogP contribution in [0.25, 0.3) is 75.2 Å². The minimum Gasteiger partial charge on any atom is -0.309 e. The van der Waals surface area contributed by atoms with Crippen LogP contribution in [0.1, 0.15) is 11.0 Å². The van der Waals surface area contributed by atoms with Crippen LogP contribution in [0.3, 0.4) is 0 Å². The van der Waals surface area contributed by atoms with E-state index in [-0.39, 0.29) is 46.0 Å². The van der Waals surface area contributed by atoms with Crippen molar-refractivity contribution in [3.05, 3.63) is 218 Å². The third kappa shape index (κ3) is 4.70. The summed E-state index contributed by atoms with van der Waals surface area (Å²) < 4.78 is 77.6. The summed E-state index contributed by atoms with van der Waals surface area (Å²) in [6.07, 6.45) is 0. The molecule has 0 radical (unpaired) electrons. The molecule has 12 aromatic rings. The molecule has 0 amide bonds. The van der Waals surface area contributed by atoms with Crippen LogP contribution in [0, 0.1) is 0 Å². The van der Waals surface area contributed by atoms with E-state index in [1.807, 2.05) is 30.3 Å². The van der Waals surface area contributed by atoms with E-state index in [4.69, 9.17) is 8.22 Å². The molecule has 9 aromatic carbocycles. The number of hydrogen-bond acceptors (Lipinski definition) is 1. The van der Waals surface area contributed by atoms with Gasteiger partial charge in [-0.25, -0.2) is 0 Å². The minimum atomic E-state index is -2.82. The highest BCUT2D eigenvalue weighted by molar-refractivity contribution is 7.26. The van der Waals surface area contributed by atoms with Gasteiger partial charge >= 0.3 is 0 Å². The summed E-state index contributed by atoms with van der Waals surface area (Å²) in [5.74, 6) is 0. The predicted molar refractivity (Wildman–Crippen MR) is 252 cm³/mol. The van der Waals surface area contributed by atoms with Gasteiger partial charge in [-0.15, -0.1) is 11.3 Å². The van der Waals surface area contributed by atoms with Gasteiger partial charge in [0.15, 0.2) is 8.07 Å². The average Bonchev–Trinajstić information content (AvgIpc) is 4.04. The summed E-state index contributed by atoms with van der Waals surface area (Å²) in [6.45, 7) is 0. The Hall–Kier alpha value is -6.98. The van der Waals surface area contributed by atoms with Crippen LogP contribution in [0.5, 0.6) is 0 Å². The smallest absolute Gasteiger partial charge is 0.179 e. The molecule has 3 aromatic heterocycles. The topological polar surface area (TPSA) is 9.86 Å². The second-order valence-corrected chi connectivity index (χ2v) is 19.5. The van der Waals surface area contributed by atoms with E-state index in [9.17, 15) is 2.74 Å². The van der Waals surface area contributed by atoms with Gasteiger partial charge in [0.2, 0.25) is 0 Å². The third-order valence-corrected chi connectivity index (χ3v) is 17.7. The van der Waals surface area contributed by atoms with E-state index in [1.165, 1.54) is 20.7 Å². The molecule has 12 rings (SSSR count). The Morgan fingerprint density at radius 1 is 0.414 bits per heavy atom. The lowest BCUT2D eigenvalue weighted by atomic mass is 10.1. The molecule has 0 saturated heterocycles. The Kier molecular flexibility index (Phi) is 5.85. The van der Waals surface area contributed by atoms with Crippen molar-refractivity contribution >= 4 is 104 Å². The van der Waals surface area contributed by atoms with Crippen molar-refractivity contribution in [2.75, 3.05) is 0 Å². The summed E-state index contributed by atoms with van der Waals surface area (Å²) in [6, 6.07) is 56.9. The Labute approximate surface area is 352 Å². The van der Waals surface area contributed by atoms with E-state index < -0.39 is 32.2 Å². The van der Waals surface area contributed by atoms with E-state index >= 15 is 0 Å². The van der Waals surface area contributed by atoms with Crippen molar-refractivity contribution in [1.82, 2.24) is 9.13 Å². The van der Waals surface area contributed by atoms with Gasteiger partial charge in [-0.3, -0.25) is 0 Å². The number of hydrogen-bond donors (Lipinski definition) is 0. The normalized spacial score (nSPS) is 14.1. The minimum absolute atomic E-state index is 0.0565. The number of fused-ring (bicyclic) bond motifs is 10. The van der Waals surface area contributed by atoms with Gasteiger partial charge in [0.1, 0.15) is 0 Å². The molecule has 0 aliphatic heterocycles. The van der Waals surface area contributed by atoms with Crippen molar-refractivity contribution in [3.8, 4) is 11.4 Å². The highest BCUT2D eigenvalue weighted by Gasteiger charge is 2.41. The van der Waals surface area contributed by atoms with Gasteiger partial charge in [-0.05, 0) is 63.2 Å². The first-order valence-electron chi connectivity index (χ1n) is 23.3. The molecular formula is C54H36N2SSi. The largest absolute Gasteiger partial charge is 0.309 e. The molecule has 0 bridgehead atoms. The van der Waals surface area contributed by atoms with Crippen LogP contribution in [-0.4, -0.2) is 17.2 Å². The number of para-hydroxylation sites is 3. The second-order valence-electron chi connectivity index (χ2n) is 14.6. The van der Waals surface area contributed by atoms with Gasteiger partial charge in [0.05, 0.1) is 43.4 Å². The molecule has 0 atom stereocenters. The summed E-state index contributed by atoms with van der Waals surface area (Å²) >= 11 is 1.55. The fraction of sp³-hybridized carbons (Fsp3) is 0. The van der Waals surface area contributed by atoms with E-state index in [0.717, 1.165) is 47.7 Å². The molecule has 58 heavy (non-hydrogen) atoms. The first-order chi connectivity index (χ1) is 32.1. The zero-order chi connectivity index (χ0) is 45.2. The number of nitrogens with zero attached hydrogens (tertiary/aromatic N) is 2. The van der Waals surface area contributed by atoms with Crippen molar-refractivity contribution in [2.45, 2.75) is 0 Å². The average molecular weight is 781 g/mol. The number of rotatable bonds is 6. The Morgan fingerprint density at radius 2 is 0.914 bits per heavy atom. The first kappa shape index (κ1) is 26.0. The van der Waals surface area contributed by atoms with Gasteiger partial charge in [0.25, 0.3) is 0 Å². The van der Waals surface area contributed by atoms with Crippen molar-refractivity contribution in [1.29, 1.82) is 0 Å². The fourth-order valence-corrected chi connectivity index (χ4v) is 15.3. The van der Waals surface area contributed by atoms with Crippen LogP contribution >= 0.6 is 11.3 Å². The molecule has 0 aliphatic carbocycles. The Morgan fingerprint density at radius 3 is 1.52 bits per heavy atom. The van der Waals surface area contributed by atoms with Crippen LogP contribution in [0.2, 0.25) is 0 Å². The molecule has 0 spiro atoms. The highest BCUT2D eigenvalue weighted by atomic mass is 32.1. The third-order valence-electron chi connectivity index (χ3n) is 11.7. The fourth-order valence-electron chi connectivity index (χ4n) is 9.34. The van der Waals surface area contributed by atoms with E-state index in [2.05, 4.69) is 144 Å². The van der Waals surface area contributed by atoms with Gasteiger partial charge in [-0.1, -0.05) is 176 Å². The lowest BCUT2D eigenvalue weighted by molar-refractivity contribution is 1.18. The van der Waals surface area contributed by atoms with Crippen molar-refractivity contribution in [2.24, 2.45) is 0 Å². The summed E-state index contributed by atoms with van der Waals surface area (Å²) in [5, 5.41) is 8.98. The monoisotopic (exact) mass is 780 g/mol. The number of thiophene rings is 1. The van der Waals surface area contributed by atoms with Crippen LogP contribution in [0.4, 0.5) is 0 Å². The zero-order valence-corrected chi connectivity index (χ0v) is 32.8. The molecule has 3 heterocycles. The Balaban J connectivity index is 1.20.